The zero-order chi connectivity index (χ0) is 11.7. The fourth-order valence-corrected chi connectivity index (χ4v) is 2.15. The maximum absolute atomic E-state index is 12.2. The van der Waals surface area contributed by atoms with Crippen LogP contribution in [0, 0.1) is 0 Å². The standard InChI is InChI=1S/C10H10BrF2NO2.ClH/c11-6-2-9-8(15-4-16-9)1-5(6)7(14)3-10(12)13;/h1-2,7,10H,3-4,14H2;1H/t7-;/m1./s1. The lowest BCUT2D eigenvalue weighted by molar-refractivity contribution is 0.128. The molecule has 1 aromatic carbocycles. The Morgan fingerprint density at radius 1 is 1.29 bits per heavy atom. The van der Waals surface area contributed by atoms with Gasteiger partial charge in [-0.3, -0.25) is 0 Å². The smallest absolute Gasteiger partial charge is 0.240 e. The number of benzene rings is 1. The SMILES string of the molecule is Cl.N[C@H](CC(F)F)c1cc2c(cc1Br)OCO2. The maximum atomic E-state index is 12.2. The van der Waals surface area contributed by atoms with Crippen LogP contribution in [0.15, 0.2) is 16.6 Å². The summed E-state index contributed by atoms with van der Waals surface area (Å²) in [6.07, 6.45) is -2.80. The highest BCUT2D eigenvalue weighted by Crippen LogP contribution is 2.39. The monoisotopic (exact) mass is 329 g/mol. The molecule has 17 heavy (non-hydrogen) atoms. The van der Waals surface area contributed by atoms with Gasteiger partial charge < -0.3 is 15.2 Å². The Bertz CT molecular complexity index is 406. The second-order valence-electron chi connectivity index (χ2n) is 3.46. The second kappa shape index (κ2) is 5.84. The van der Waals surface area contributed by atoms with E-state index in [0.717, 1.165) is 0 Å². The van der Waals surface area contributed by atoms with Crippen LogP contribution in [0.4, 0.5) is 8.78 Å². The largest absolute Gasteiger partial charge is 0.454 e. The number of ether oxygens (including phenoxy) is 2. The minimum absolute atomic E-state index is 0. The van der Waals surface area contributed by atoms with Crippen LogP contribution in [0.5, 0.6) is 11.5 Å². The first-order valence-electron chi connectivity index (χ1n) is 4.70. The molecular weight excluding hydrogens is 319 g/mol. The van der Waals surface area contributed by atoms with Crippen molar-refractivity contribution in [1.29, 1.82) is 0 Å². The molecule has 1 aliphatic rings. The van der Waals surface area contributed by atoms with Crippen LogP contribution in [0.25, 0.3) is 0 Å². The molecule has 1 atom stereocenters. The predicted molar refractivity (Wildman–Crippen MR) is 65.1 cm³/mol. The summed E-state index contributed by atoms with van der Waals surface area (Å²) in [7, 11) is 0. The summed E-state index contributed by atoms with van der Waals surface area (Å²) in [5.74, 6) is 1.14. The molecule has 7 heteroatoms. The Hall–Kier alpha value is -0.590. The summed E-state index contributed by atoms with van der Waals surface area (Å²) >= 11 is 3.28. The van der Waals surface area contributed by atoms with Gasteiger partial charge in [0.25, 0.3) is 0 Å². The van der Waals surface area contributed by atoms with Crippen LogP contribution >= 0.6 is 28.3 Å². The van der Waals surface area contributed by atoms with Crippen LogP contribution in [0.3, 0.4) is 0 Å². The van der Waals surface area contributed by atoms with E-state index in [-0.39, 0.29) is 25.6 Å². The van der Waals surface area contributed by atoms with Gasteiger partial charge in [0.05, 0.1) is 0 Å². The maximum Gasteiger partial charge on any atom is 0.240 e. The lowest BCUT2D eigenvalue weighted by atomic mass is 10.0. The lowest BCUT2D eigenvalue weighted by Crippen LogP contribution is -2.14. The van der Waals surface area contributed by atoms with Crippen LogP contribution in [0.1, 0.15) is 18.0 Å². The van der Waals surface area contributed by atoms with E-state index in [1.54, 1.807) is 12.1 Å². The number of hydrogen-bond acceptors (Lipinski definition) is 3. The van der Waals surface area contributed by atoms with Crippen molar-refractivity contribution >= 4 is 28.3 Å². The van der Waals surface area contributed by atoms with Crippen molar-refractivity contribution in [3.63, 3.8) is 0 Å². The molecule has 0 saturated carbocycles. The molecule has 2 N–H and O–H groups in total. The van der Waals surface area contributed by atoms with Crippen molar-refractivity contribution in [1.82, 2.24) is 0 Å². The molecule has 2 rings (SSSR count). The molecule has 0 spiro atoms. The van der Waals surface area contributed by atoms with Gasteiger partial charge in [-0.15, -0.1) is 12.4 Å². The van der Waals surface area contributed by atoms with Crippen LogP contribution < -0.4 is 15.2 Å². The minimum atomic E-state index is -2.42. The first-order valence-corrected chi connectivity index (χ1v) is 5.50. The van der Waals surface area contributed by atoms with Gasteiger partial charge in [-0.2, -0.15) is 0 Å². The molecule has 0 saturated heterocycles. The first kappa shape index (κ1) is 14.5. The molecule has 0 aliphatic carbocycles. The average molecular weight is 331 g/mol. The van der Waals surface area contributed by atoms with Gasteiger partial charge in [0.15, 0.2) is 11.5 Å². The van der Waals surface area contributed by atoms with Gasteiger partial charge in [0.1, 0.15) is 0 Å². The molecule has 1 aromatic rings. The molecule has 0 radical (unpaired) electrons. The van der Waals surface area contributed by atoms with Crippen molar-refractivity contribution < 1.29 is 18.3 Å². The third-order valence-corrected chi connectivity index (χ3v) is 3.01. The van der Waals surface area contributed by atoms with Crippen molar-refractivity contribution in [2.75, 3.05) is 6.79 Å². The van der Waals surface area contributed by atoms with Gasteiger partial charge >= 0.3 is 0 Å². The Labute approximate surface area is 112 Å². The van der Waals surface area contributed by atoms with E-state index < -0.39 is 12.5 Å². The number of fused-ring (bicyclic) bond motifs is 1. The van der Waals surface area contributed by atoms with Crippen LogP contribution in [-0.4, -0.2) is 13.2 Å². The minimum Gasteiger partial charge on any atom is -0.454 e. The van der Waals surface area contributed by atoms with E-state index in [9.17, 15) is 8.78 Å². The molecule has 0 amide bonds. The van der Waals surface area contributed by atoms with E-state index in [2.05, 4.69) is 15.9 Å². The van der Waals surface area contributed by atoms with Crippen molar-refractivity contribution in [2.24, 2.45) is 5.73 Å². The second-order valence-corrected chi connectivity index (χ2v) is 4.31. The average Bonchev–Trinajstić information content (AvgIpc) is 2.61. The molecular formula is C10H11BrClF2NO2. The van der Waals surface area contributed by atoms with E-state index in [1.807, 2.05) is 0 Å². The Balaban J connectivity index is 0.00000144. The fourth-order valence-electron chi connectivity index (χ4n) is 1.54. The normalized spacial score (nSPS) is 14.6. The number of halogens is 4. The zero-order valence-corrected chi connectivity index (χ0v) is 11.1. The molecule has 0 aromatic heterocycles. The quantitative estimate of drug-likeness (QED) is 0.925. The predicted octanol–water partition coefficient (Wildman–Crippen LogP) is 3.25. The van der Waals surface area contributed by atoms with Gasteiger partial charge in [-0.05, 0) is 17.7 Å². The number of hydrogen-bond donors (Lipinski definition) is 1. The van der Waals surface area contributed by atoms with E-state index in [4.69, 9.17) is 15.2 Å². The highest BCUT2D eigenvalue weighted by molar-refractivity contribution is 9.10. The van der Waals surface area contributed by atoms with Crippen LogP contribution in [0.2, 0.25) is 0 Å². The highest BCUT2D eigenvalue weighted by atomic mass is 79.9. The fraction of sp³-hybridized carbons (Fsp3) is 0.400. The first-order chi connectivity index (χ1) is 7.58. The van der Waals surface area contributed by atoms with E-state index in [1.165, 1.54) is 0 Å². The van der Waals surface area contributed by atoms with Crippen molar-refractivity contribution in [3.8, 4) is 11.5 Å². The summed E-state index contributed by atoms with van der Waals surface area (Å²) in [5.41, 5.74) is 6.29. The third kappa shape index (κ3) is 3.20. The molecule has 0 bridgehead atoms. The molecule has 0 unspecified atom stereocenters. The Kier molecular flexibility index (Phi) is 4.97. The lowest BCUT2D eigenvalue weighted by Gasteiger charge is -2.14. The van der Waals surface area contributed by atoms with Crippen molar-refractivity contribution in [3.05, 3.63) is 22.2 Å². The summed E-state index contributed by atoms with van der Waals surface area (Å²) in [5, 5.41) is 0. The number of rotatable bonds is 3. The zero-order valence-electron chi connectivity index (χ0n) is 8.66. The summed E-state index contributed by atoms with van der Waals surface area (Å²) < 4.78 is 35.4. The van der Waals surface area contributed by atoms with E-state index >= 15 is 0 Å². The van der Waals surface area contributed by atoms with Gasteiger partial charge in [0.2, 0.25) is 13.2 Å². The van der Waals surface area contributed by atoms with Crippen LogP contribution in [-0.2, 0) is 0 Å². The van der Waals surface area contributed by atoms with Crippen molar-refractivity contribution in [2.45, 2.75) is 18.9 Å². The third-order valence-electron chi connectivity index (χ3n) is 2.32. The van der Waals surface area contributed by atoms with E-state index in [0.29, 0.717) is 21.5 Å². The van der Waals surface area contributed by atoms with Gasteiger partial charge in [-0.1, -0.05) is 15.9 Å². The van der Waals surface area contributed by atoms with Gasteiger partial charge in [0, 0.05) is 16.9 Å². The topological polar surface area (TPSA) is 44.5 Å². The molecule has 3 nitrogen and oxygen atoms in total. The summed E-state index contributed by atoms with van der Waals surface area (Å²) in [6, 6.07) is 2.60. The number of nitrogens with two attached hydrogens (primary N) is 1. The summed E-state index contributed by atoms with van der Waals surface area (Å²) in [4.78, 5) is 0. The summed E-state index contributed by atoms with van der Waals surface area (Å²) in [6.45, 7) is 0.148. The molecule has 1 heterocycles. The highest BCUT2D eigenvalue weighted by Gasteiger charge is 2.21. The molecule has 0 fully saturated rings. The number of alkyl halides is 2. The van der Waals surface area contributed by atoms with Gasteiger partial charge in [-0.25, -0.2) is 8.78 Å². The Morgan fingerprint density at radius 2 is 1.88 bits per heavy atom. The Morgan fingerprint density at radius 3 is 2.47 bits per heavy atom. The molecule has 1 aliphatic heterocycles. The molecule has 96 valence electrons.